The fourth-order valence-corrected chi connectivity index (χ4v) is 0.781. The highest BCUT2D eigenvalue weighted by molar-refractivity contribution is 5.85. The quantitative estimate of drug-likeness (QED) is 0.514. The standard InChI is InChI=1S/C7H10O3/c1-6(8)7-4-9-2-3-10-5-7/h1,7H,2-5H2. The average molecular weight is 142 g/mol. The highest BCUT2D eigenvalue weighted by Crippen LogP contribution is 2.03. The molecule has 0 saturated carbocycles. The van der Waals surface area contributed by atoms with Crippen molar-refractivity contribution in [3.05, 3.63) is 6.92 Å². The van der Waals surface area contributed by atoms with Gasteiger partial charge in [-0.3, -0.25) is 4.79 Å². The molecule has 1 saturated heterocycles. The number of hydrogen-bond acceptors (Lipinski definition) is 3. The predicted octanol–water partition coefficient (Wildman–Crippen LogP) is -0.0704. The van der Waals surface area contributed by atoms with E-state index in [0.29, 0.717) is 26.4 Å². The van der Waals surface area contributed by atoms with Gasteiger partial charge in [-0.1, -0.05) is 0 Å². The summed E-state index contributed by atoms with van der Waals surface area (Å²) in [7, 11) is 0. The summed E-state index contributed by atoms with van der Waals surface area (Å²) < 4.78 is 10.1. The summed E-state index contributed by atoms with van der Waals surface area (Å²) in [4.78, 5) is 10.6. The zero-order valence-electron chi connectivity index (χ0n) is 5.71. The Morgan fingerprint density at radius 1 is 1.30 bits per heavy atom. The monoisotopic (exact) mass is 142 g/mol. The molecule has 3 heteroatoms. The van der Waals surface area contributed by atoms with Crippen molar-refractivity contribution < 1.29 is 14.3 Å². The Morgan fingerprint density at radius 3 is 2.20 bits per heavy atom. The van der Waals surface area contributed by atoms with Gasteiger partial charge in [0.2, 0.25) is 0 Å². The minimum Gasteiger partial charge on any atom is -0.378 e. The van der Waals surface area contributed by atoms with Gasteiger partial charge in [-0.05, 0) is 0 Å². The van der Waals surface area contributed by atoms with Crippen LogP contribution >= 0.6 is 0 Å². The first-order chi connectivity index (χ1) is 4.80. The van der Waals surface area contributed by atoms with Gasteiger partial charge in [0.15, 0.2) is 0 Å². The molecule has 0 aromatic heterocycles. The molecule has 0 unspecified atom stereocenters. The highest BCUT2D eigenvalue weighted by Gasteiger charge is 2.16. The lowest BCUT2D eigenvalue weighted by atomic mass is 10.1. The second-order valence-corrected chi connectivity index (χ2v) is 2.25. The van der Waals surface area contributed by atoms with Gasteiger partial charge < -0.3 is 9.47 Å². The molecule has 1 aliphatic rings. The third-order valence-electron chi connectivity index (χ3n) is 1.41. The van der Waals surface area contributed by atoms with Gasteiger partial charge in [-0.2, -0.15) is 0 Å². The van der Waals surface area contributed by atoms with Gasteiger partial charge in [-0.15, -0.1) is 0 Å². The first-order valence-corrected chi connectivity index (χ1v) is 3.25. The van der Waals surface area contributed by atoms with Gasteiger partial charge in [0.05, 0.1) is 32.3 Å². The SMILES string of the molecule is [CH]C(=O)C1COCCOC1. The molecule has 0 N–H and O–H groups in total. The average Bonchev–Trinajstić information content (AvgIpc) is 2.12. The number of hydrogen-bond donors (Lipinski definition) is 0. The van der Waals surface area contributed by atoms with Crippen LogP contribution in [0.1, 0.15) is 0 Å². The Bertz CT molecular complexity index is 114. The van der Waals surface area contributed by atoms with E-state index in [1.54, 1.807) is 0 Å². The van der Waals surface area contributed by atoms with E-state index >= 15 is 0 Å². The number of ether oxygens (including phenoxy) is 2. The topological polar surface area (TPSA) is 35.5 Å². The summed E-state index contributed by atoms with van der Waals surface area (Å²) in [6, 6.07) is 0. The van der Waals surface area contributed by atoms with Gasteiger partial charge in [0.25, 0.3) is 0 Å². The van der Waals surface area contributed by atoms with E-state index in [1.165, 1.54) is 0 Å². The molecule has 3 nitrogen and oxygen atoms in total. The first kappa shape index (κ1) is 7.69. The normalized spacial score (nSPS) is 22.1. The van der Waals surface area contributed by atoms with Gasteiger partial charge >= 0.3 is 0 Å². The molecule has 0 bridgehead atoms. The molecule has 0 aromatic rings. The summed E-state index contributed by atoms with van der Waals surface area (Å²) in [5.41, 5.74) is 0. The van der Waals surface area contributed by atoms with Crippen molar-refractivity contribution in [1.82, 2.24) is 0 Å². The Morgan fingerprint density at radius 2 is 1.80 bits per heavy atom. The Labute approximate surface area is 60.3 Å². The smallest absolute Gasteiger partial charge is 0.145 e. The van der Waals surface area contributed by atoms with Crippen molar-refractivity contribution >= 4 is 5.78 Å². The molecule has 0 spiro atoms. The zero-order valence-corrected chi connectivity index (χ0v) is 5.71. The van der Waals surface area contributed by atoms with Gasteiger partial charge in [0.1, 0.15) is 5.78 Å². The second-order valence-electron chi connectivity index (χ2n) is 2.25. The van der Waals surface area contributed by atoms with Crippen LogP contribution in [0.2, 0.25) is 0 Å². The fraction of sp³-hybridized carbons (Fsp3) is 0.714. The predicted molar refractivity (Wildman–Crippen MR) is 34.4 cm³/mol. The number of Topliss-reactive ketones (excluding diaryl/α,β-unsaturated/α-hetero) is 1. The van der Waals surface area contributed by atoms with E-state index in [9.17, 15) is 4.79 Å². The Hall–Kier alpha value is -0.410. The molecule has 0 atom stereocenters. The summed E-state index contributed by atoms with van der Waals surface area (Å²) in [5.74, 6) is -0.607. The minimum absolute atomic E-state index is 0.262. The summed E-state index contributed by atoms with van der Waals surface area (Å²) >= 11 is 0. The fourth-order valence-electron chi connectivity index (χ4n) is 0.781. The molecule has 0 aromatic carbocycles. The van der Waals surface area contributed by atoms with Crippen molar-refractivity contribution in [2.75, 3.05) is 26.4 Å². The first-order valence-electron chi connectivity index (χ1n) is 3.25. The number of carbonyl (C=O) groups is 1. The second kappa shape index (κ2) is 3.68. The number of ketones is 1. The molecule has 10 heavy (non-hydrogen) atoms. The van der Waals surface area contributed by atoms with Crippen molar-refractivity contribution in [2.24, 2.45) is 5.92 Å². The van der Waals surface area contributed by atoms with Crippen LogP contribution in [-0.2, 0) is 14.3 Å². The molecule has 1 heterocycles. The third kappa shape index (κ3) is 2.08. The van der Waals surface area contributed by atoms with Gasteiger partial charge in [0, 0.05) is 6.92 Å². The Kier molecular flexibility index (Phi) is 2.83. The van der Waals surface area contributed by atoms with Crippen molar-refractivity contribution in [2.45, 2.75) is 0 Å². The summed E-state index contributed by atoms with van der Waals surface area (Å²) in [6.45, 7) is 6.95. The molecular weight excluding hydrogens is 132 g/mol. The lowest BCUT2D eigenvalue weighted by Gasteiger charge is -2.06. The van der Waals surface area contributed by atoms with Crippen molar-refractivity contribution in [3.63, 3.8) is 0 Å². The molecule has 0 amide bonds. The maximum atomic E-state index is 10.6. The van der Waals surface area contributed by atoms with E-state index in [2.05, 4.69) is 0 Å². The maximum absolute atomic E-state index is 10.6. The van der Waals surface area contributed by atoms with Crippen LogP contribution in [0.3, 0.4) is 0 Å². The lowest BCUT2D eigenvalue weighted by molar-refractivity contribution is -0.120. The van der Waals surface area contributed by atoms with Crippen LogP contribution in [-0.4, -0.2) is 32.2 Å². The summed E-state index contributed by atoms with van der Waals surface area (Å²) in [5, 5.41) is 0. The maximum Gasteiger partial charge on any atom is 0.145 e. The summed E-state index contributed by atoms with van der Waals surface area (Å²) in [6.07, 6.45) is 0. The zero-order chi connectivity index (χ0) is 7.40. The molecule has 1 rings (SSSR count). The molecule has 1 aliphatic heterocycles. The van der Waals surface area contributed by atoms with Crippen LogP contribution in [0.4, 0.5) is 0 Å². The molecule has 2 radical (unpaired) electrons. The van der Waals surface area contributed by atoms with E-state index in [0.717, 1.165) is 0 Å². The molecular formula is C7H10O3. The lowest BCUT2D eigenvalue weighted by Crippen LogP contribution is -2.20. The van der Waals surface area contributed by atoms with Crippen LogP contribution in [0, 0.1) is 12.8 Å². The van der Waals surface area contributed by atoms with E-state index in [-0.39, 0.29) is 11.7 Å². The molecule has 1 fully saturated rings. The minimum atomic E-state index is -0.345. The number of carbonyl (C=O) groups excluding carboxylic acids is 1. The van der Waals surface area contributed by atoms with Crippen LogP contribution in [0.15, 0.2) is 0 Å². The van der Waals surface area contributed by atoms with E-state index in [1.807, 2.05) is 0 Å². The van der Waals surface area contributed by atoms with Gasteiger partial charge in [-0.25, -0.2) is 0 Å². The highest BCUT2D eigenvalue weighted by atomic mass is 16.5. The molecule has 56 valence electrons. The van der Waals surface area contributed by atoms with E-state index < -0.39 is 0 Å². The number of rotatable bonds is 1. The Balaban J connectivity index is 2.35. The van der Waals surface area contributed by atoms with Crippen molar-refractivity contribution in [3.8, 4) is 0 Å². The van der Waals surface area contributed by atoms with Crippen LogP contribution in [0.25, 0.3) is 0 Å². The van der Waals surface area contributed by atoms with E-state index in [4.69, 9.17) is 16.4 Å². The van der Waals surface area contributed by atoms with Crippen LogP contribution < -0.4 is 0 Å². The third-order valence-corrected chi connectivity index (χ3v) is 1.41. The van der Waals surface area contributed by atoms with Crippen LogP contribution in [0.5, 0.6) is 0 Å². The largest absolute Gasteiger partial charge is 0.378 e. The molecule has 0 aliphatic carbocycles. The van der Waals surface area contributed by atoms with Crippen molar-refractivity contribution in [1.29, 1.82) is 0 Å².